The molecule has 0 heterocycles. The van der Waals surface area contributed by atoms with E-state index in [0.29, 0.717) is 0 Å². The smallest absolute Gasteiger partial charge is 0.0234 e. The number of aryl methyl sites for hydroxylation is 1. The molecule has 0 atom stereocenters. The number of nitrogens with zero attached hydrogens (tertiary/aromatic N) is 1. The highest BCUT2D eigenvalue weighted by atomic mass is 15.1. The molecule has 1 heteroatoms. The van der Waals surface area contributed by atoms with Crippen molar-refractivity contribution in [3.05, 3.63) is 54.1 Å². The van der Waals surface area contributed by atoms with Crippen molar-refractivity contribution in [1.82, 2.24) is 4.90 Å². The van der Waals surface area contributed by atoms with Crippen LogP contribution >= 0.6 is 0 Å². The van der Waals surface area contributed by atoms with Crippen LogP contribution < -0.4 is 0 Å². The van der Waals surface area contributed by atoms with Crippen molar-refractivity contribution in [1.29, 1.82) is 0 Å². The Bertz CT molecular complexity index is 544. The highest BCUT2D eigenvalue weighted by Gasteiger charge is 2.03. The molecule has 1 nitrogen and oxygen atoms in total. The molecule has 0 unspecified atom stereocenters. The Kier molecular flexibility index (Phi) is 6.46. The van der Waals surface area contributed by atoms with Crippen LogP contribution in [0.5, 0.6) is 0 Å². The summed E-state index contributed by atoms with van der Waals surface area (Å²) in [4.78, 5) is 2.23. The Morgan fingerprint density at radius 2 is 1.86 bits per heavy atom. The lowest BCUT2D eigenvalue weighted by atomic mass is 9.98. The van der Waals surface area contributed by atoms with Crippen molar-refractivity contribution >= 4 is 5.57 Å². The predicted octanol–water partition coefficient (Wildman–Crippen LogP) is 4.55. The number of allylic oxidation sites excluding steroid dienone is 1. The Balaban J connectivity index is 2.44. The second kappa shape index (κ2) is 7.86. The van der Waals surface area contributed by atoms with Gasteiger partial charge in [0.15, 0.2) is 0 Å². The Morgan fingerprint density at radius 1 is 1.24 bits per heavy atom. The zero-order valence-electron chi connectivity index (χ0n) is 14.0. The van der Waals surface area contributed by atoms with Gasteiger partial charge in [0.05, 0.1) is 0 Å². The van der Waals surface area contributed by atoms with Crippen molar-refractivity contribution in [3.63, 3.8) is 0 Å². The quantitative estimate of drug-likeness (QED) is 0.716. The zero-order valence-corrected chi connectivity index (χ0v) is 14.0. The van der Waals surface area contributed by atoms with E-state index < -0.39 is 0 Å². The van der Waals surface area contributed by atoms with E-state index >= 15 is 0 Å². The monoisotopic (exact) mass is 281 g/mol. The molecule has 1 rings (SSSR count). The fourth-order valence-corrected chi connectivity index (χ4v) is 1.82. The van der Waals surface area contributed by atoms with Crippen LogP contribution in [0.15, 0.2) is 43.0 Å². The van der Waals surface area contributed by atoms with Gasteiger partial charge in [0, 0.05) is 18.5 Å². The molecule has 0 saturated heterocycles. The summed E-state index contributed by atoms with van der Waals surface area (Å²) in [5, 5.41) is 0. The maximum absolute atomic E-state index is 4.18. The molecule has 1 aromatic carbocycles. The average molecular weight is 281 g/mol. The van der Waals surface area contributed by atoms with Crippen LogP contribution in [-0.2, 0) is 0 Å². The van der Waals surface area contributed by atoms with Crippen molar-refractivity contribution in [2.24, 2.45) is 5.41 Å². The highest BCUT2D eigenvalue weighted by Crippen LogP contribution is 2.14. The maximum Gasteiger partial charge on any atom is 0.0234 e. The molecule has 0 N–H and O–H groups in total. The molecular weight excluding hydrogens is 254 g/mol. The summed E-state index contributed by atoms with van der Waals surface area (Å²) in [5.74, 6) is 6.29. The number of hydrogen-bond acceptors (Lipinski definition) is 1. The summed E-state index contributed by atoms with van der Waals surface area (Å²) < 4.78 is 0. The van der Waals surface area contributed by atoms with Crippen molar-refractivity contribution in [2.75, 3.05) is 20.1 Å². The minimum atomic E-state index is 0.0654. The molecule has 112 valence electrons. The van der Waals surface area contributed by atoms with Gasteiger partial charge in [-0.3, -0.25) is 4.90 Å². The summed E-state index contributed by atoms with van der Waals surface area (Å²) in [6.07, 6.45) is 4.04. The molecule has 0 spiro atoms. The van der Waals surface area contributed by atoms with Crippen LogP contribution in [0.3, 0.4) is 0 Å². The third kappa shape index (κ3) is 7.54. The van der Waals surface area contributed by atoms with Crippen LogP contribution in [0.2, 0.25) is 0 Å². The Morgan fingerprint density at radius 3 is 2.43 bits per heavy atom. The van der Waals surface area contributed by atoms with Crippen molar-refractivity contribution in [3.8, 4) is 11.8 Å². The average Bonchev–Trinajstić information content (AvgIpc) is 2.37. The standard InChI is InChI=1S/C20H27N/c1-17-10-12-19(13-11-17)18(2)16-21(6)15-9-7-8-14-20(3,4)5/h7,9-13H,2,15-16H2,1,3-6H3/b9-7+. The lowest BCUT2D eigenvalue weighted by Crippen LogP contribution is -2.20. The second-order valence-corrected chi connectivity index (χ2v) is 6.59. The fourth-order valence-electron chi connectivity index (χ4n) is 1.82. The van der Waals surface area contributed by atoms with Crippen LogP contribution in [0.25, 0.3) is 5.57 Å². The van der Waals surface area contributed by atoms with Gasteiger partial charge in [-0.05, 0) is 52.0 Å². The molecule has 0 saturated carbocycles. The molecule has 1 aromatic rings. The summed E-state index contributed by atoms with van der Waals surface area (Å²) >= 11 is 0. The van der Waals surface area contributed by atoms with E-state index in [1.807, 2.05) is 6.08 Å². The van der Waals surface area contributed by atoms with Crippen LogP contribution in [0.1, 0.15) is 31.9 Å². The normalized spacial score (nSPS) is 11.5. The van der Waals surface area contributed by atoms with Gasteiger partial charge in [-0.15, -0.1) is 0 Å². The second-order valence-electron chi connectivity index (χ2n) is 6.59. The SMILES string of the molecule is C=C(CN(C)C/C=C/C#CC(C)(C)C)c1ccc(C)cc1. The third-order valence-corrected chi connectivity index (χ3v) is 2.99. The van der Waals surface area contributed by atoms with Gasteiger partial charge in [-0.25, -0.2) is 0 Å². The molecule has 0 bridgehead atoms. The number of rotatable bonds is 5. The highest BCUT2D eigenvalue weighted by molar-refractivity contribution is 5.64. The van der Waals surface area contributed by atoms with E-state index in [1.54, 1.807) is 0 Å². The minimum Gasteiger partial charge on any atom is -0.298 e. The molecule has 0 aliphatic heterocycles. The van der Waals surface area contributed by atoms with E-state index in [1.165, 1.54) is 11.1 Å². The van der Waals surface area contributed by atoms with Crippen LogP contribution in [0, 0.1) is 24.2 Å². The van der Waals surface area contributed by atoms with Gasteiger partial charge in [0.2, 0.25) is 0 Å². The minimum absolute atomic E-state index is 0.0654. The first-order valence-corrected chi connectivity index (χ1v) is 7.39. The Hall–Kier alpha value is -1.78. The maximum atomic E-state index is 4.18. The van der Waals surface area contributed by atoms with Gasteiger partial charge in [-0.2, -0.15) is 0 Å². The van der Waals surface area contributed by atoms with E-state index in [9.17, 15) is 0 Å². The Labute approximate surface area is 130 Å². The molecule has 21 heavy (non-hydrogen) atoms. The summed E-state index contributed by atoms with van der Waals surface area (Å²) in [6.45, 7) is 14.4. The number of benzene rings is 1. The first kappa shape index (κ1) is 17.3. The summed E-state index contributed by atoms with van der Waals surface area (Å²) in [6, 6.07) is 8.53. The summed E-state index contributed by atoms with van der Waals surface area (Å²) in [5.41, 5.74) is 3.70. The molecule has 0 radical (unpaired) electrons. The first-order chi connectivity index (χ1) is 9.78. The van der Waals surface area contributed by atoms with Crippen LogP contribution in [0.4, 0.5) is 0 Å². The molecule has 0 fully saturated rings. The van der Waals surface area contributed by atoms with Gasteiger partial charge in [-0.1, -0.05) is 54.3 Å². The van der Waals surface area contributed by atoms with Crippen molar-refractivity contribution < 1.29 is 0 Å². The number of likely N-dealkylation sites (N-methyl/N-ethyl adjacent to an activating group) is 1. The van der Waals surface area contributed by atoms with Crippen molar-refractivity contribution in [2.45, 2.75) is 27.7 Å². The molecule has 0 aromatic heterocycles. The fraction of sp³-hybridized carbons (Fsp3) is 0.400. The molecule has 0 amide bonds. The topological polar surface area (TPSA) is 3.24 Å². The van der Waals surface area contributed by atoms with Gasteiger partial charge in [0.1, 0.15) is 0 Å². The lowest BCUT2D eigenvalue weighted by molar-refractivity contribution is 0.419. The molecular formula is C20H27N. The van der Waals surface area contributed by atoms with E-state index in [-0.39, 0.29) is 5.41 Å². The summed E-state index contributed by atoms with van der Waals surface area (Å²) in [7, 11) is 2.10. The molecule has 0 aliphatic rings. The predicted molar refractivity (Wildman–Crippen MR) is 94.1 cm³/mol. The number of hydrogen-bond donors (Lipinski definition) is 0. The van der Waals surface area contributed by atoms with E-state index in [0.717, 1.165) is 18.7 Å². The molecule has 0 aliphatic carbocycles. The third-order valence-electron chi connectivity index (χ3n) is 2.99. The van der Waals surface area contributed by atoms with Crippen LogP contribution in [-0.4, -0.2) is 25.0 Å². The first-order valence-electron chi connectivity index (χ1n) is 7.39. The van der Waals surface area contributed by atoms with E-state index in [4.69, 9.17) is 0 Å². The van der Waals surface area contributed by atoms with E-state index in [2.05, 4.69) is 88.4 Å². The lowest BCUT2D eigenvalue weighted by Gasteiger charge is -2.16. The largest absolute Gasteiger partial charge is 0.298 e. The van der Waals surface area contributed by atoms with Gasteiger partial charge in [0.25, 0.3) is 0 Å². The van der Waals surface area contributed by atoms with Gasteiger partial charge < -0.3 is 0 Å². The zero-order chi connectivity index (χ0) is 15.9. The van der Waals surface area contributed by atoms with Gasteiger partial charge >= 0.3 is 0 Å².